The highest BCUT2D eigenvalue weighted by molar-refractivity contribution is 6.22. The van der Waals surface area contributed by atoms with Gasteiger partial charge in [0.15, 0.2) is 0 Å². The van der Waals surface area contributed by atoms with Crippen LogP contribution < -0.4 is 5.32 Å². The zero-order valence-electron chi connectivity index (χ0n) is 13.0. The number of urea groups is 1. The Labute approximate surface area is 141 Å². The molecule has 25 heavy (non-hydrogen) atoms. The van der Waals surface area contributed by atoms with Crippen molar-refractivity contribution in [1.82, 2.24) is 15.1 Å². The van der Waals surface area contributed by atoms with E-state index in [1.54, 1.807) is 48.7 Å². The highest BCUT2D eigenvalue weighted by Crippen LogP contribution is 2.20. The molecule has 124 valence electrons. The standard InChI is InChI=1S/C17H13N5O3/c23-15(19-11-6-5-10-8-18-21-14(10)7-11)9-22-16(24)12-3-1-2-4-13(12)20-17(22)25/h1-8,12H,9H2,(H,18,21)(H,19,23). The molecular formula is C17H13N5O3. The maximum absolute atomic E-state index is 12.4. The van der Waals surface area contributed by atoms with E-state index in [1.807, 2.05) is 0 Å². The first-order valence-corrected chi connectivity index (χ1v) is 7.63. The van der Waals surface area contributed by atoms with Crippen molar-refractivity contribution in [2.24, 2.45) is 10.9 Å². The highest BCUT2D eigenvalue weighted by atomic mass is 16.2. The Morgan fingerprint density at radius 3 is 3.04 bits per heavy atom. The molecule has 4 amide bonds. The molecular weight excluding hydrogens is 322 g/mol. The molecule has 2 N–H and O–H groups in total. The fraction of sp³-hybridized carbons (Fsp3) is 0.118. The van der Waals surface area contributed by atoms with Gasteiger partial charge in [0.25, 0.3) is 0 Å². The van der Waals surface area contributed by atoms with Crippen molar-refractivity contribution in [1.29, 1.82) is 0 Å². The number of fused-ring (bicyclic) bond motifs is 2. The number of carbonyl (C=O) groups is 3. The Kier molecular flexibility index (Phi) is 3.50. The fourth-order valence-corrected chi connectivity index (χ4v) is 2.78. The molecule has 0 fully saturated rings. The van der Waals surface area contributed by atoms with Crippen LogP contribution in [0.15, 0.2) is 53.7 Å². The van der Waals surface area contributed by atoms with Gasteiger partial charge < -0.3 is 5.32 Å². The van der Waals surface area contributed by atoms with Crippen LogP contribution in [0.3, 0.4) is 0 Å². The van der Waals surface area contributed by atoms with E-state index in [2.05, 4.69) is 20.5 Å². The molecule has 1 unspecified atom stereocenters. The van der Waals surface area contributed by atoms with Crippen molar-refractivity contribution in [3.63, 3.8) is 0 Å². The lowest BCUT2D eigenvalue weighted by Gasteiger charge is -2.27. The van der Waals surface area contributed by atoms with Gasteiger partial charge in [-0.25, -0.2) is 4.79 Å². The van der Waals surface area contributed by atoms with Gasteiger partial charge in [-0.15, -0.1) is 0 Å². The molecule has 2 aromatic rings. The molecule has 0 saturated carbocycles. The number of aromatic amines is 1. The molecule has 0 radical (unpaired) electrons. The third kappa shape index (κ3) is 2.74. The molecule has 4 rings (SSSR count). The SMILES string of the molecule is O=C(CN1C(=O)N=C2C=CC=CC2C1=O)Nc1ccc2cn[nH]c2c1. The number of allylic oxidation sites excluding steroid dienone is 3. The first kappa shape index (κ1) is 15.0. The quantitative estimate of drug-likeness (QED) is 0.889. The molecule has 1 aromatic heterocycles. The number of nitrogens with zero attached hydrogens (tertiary/aromatic N) is 3. The van der Waals surface area contributed by atoms with Crippen molar-refractivity contribution < 1.29 is 14.4 Å². The summed E-state index contributed by atoms with van der Waals surface area (Å²) in [5.74, 6) is -1.54. The van der Waals surface area contributed by atoms with Gasteiger partial charge in [-0.05, 0) is 24.3 Å². The Morgan fingerprint density at radius 2 is 2.16 bits per heavy atom. The Hall–Kier alpha value is -3.55. The summed E-state index contributed by atoms with van der Waals surface area (Å²) in [7, 11) is 0. The van der Waals surface area contributed by atoms with E-state index in [9.17, 15) is 14.4 Å². The van der Waals surface area contributed by atoms with E-state index in [0.29, 0.717) is 11.4 Å². The second-order valence-corrected chi connectivity index (χ2v) is 5.69. The van der Waals surface area contributed by atoms with Crippen LogP contribution in [0, 0.1) is 5.92 Å². The lowest BCUT2D eigenvalue weighted by Crippen LogP contribution is -2.48. The van der Waals surface area contributed by atoms with Gasteiger partial charge in [0, 0.05) is 11.1 Å². The average molecular weight is 335 g/mol. The molecule has 1 atom stereocenters. The second kappa shape index (κ2) is 5.82. The predicted molar refractivity (Wildman–Crippen MR) is 91.0 cm³/mol. The van der Waals surface area contributed by atoms with Gasteiger partial charge in [-0.2, -0.15) is 10.1 Å². The first-order chi connectivity index (χ1) is 12.1. The number of imide groups is 1. The van der Waals surface area contributed by atoms with Gasteiger partial charge in [-0.3, -0.25) is 19.6 Å². The minimum absolute atomic E-state index is 0.385. The summed E-state index contributed by atoms with van der Waals surface area (Å²) < 4.78 is 0. The van der Waals surface area contributed by atoms with E-state index < -0.39 is 23.8 Å². The van der Waals surface area contributed by atoms with Gasteiger partial charge in [0.2, 0.25) is 11.8 Å². The zero-order chi connectivity index (χ0) is 17.4. The van der Waals surface area contributed by atoms with Gasteiger partial charge >= 0.3 is 6.03 Å². The van der Waals surface area contributed by atoms with E-state index >= 15 is 0 Å². The summed E-state index contributed by atoms with van der Waals surface area (Å²) in [5, 5.41) is 10.3. The summed E-state index contributed by atoms with van der Waals surface area (Å²) in [5.41, 5.74) is 1.72. The van der Waals surface area contributed by atoms with Crippen LogP contribution in [-0.2, 0) is 9.59 Å². The van der Waals surface area contributed by atoms with Crippen molar-refractivity contribution in [2.75, 3.05) is 11.9 Å². The number of aromatic nitrogens is 2. The Bertz CT molecular complexity index is 985. The minimum Gasteiger partial charge on any atom is -0.324 e. The van der Waals surface area contributed by atoms with Crippen LogP contribution in [0.4, 0.5) is 10.5 Å². The van der Waals surface area contributed by atoms with Crippen LogP contribution in [0.5, 0.6) is 0 Å². The lowest BCUT2D eigenvalue weighted by molar-refractivity contribution is -0.132. The average Bonchev–Trinajstić information content (AvgIpc) is 3.06. The molecule has 1 aromatic carbocycles. The first-order valence-electron chi connectivity index (χ1n) is 7.63. The molecule has 1 aliphatic heterocycles. The van der Waals surface area contributed by atoms with Crippen molar-refractivity contribution in [3.8, 4) is 0 Å². The minimum atomic E-state index is -0.727. The smallest absolute Gasteiger partial charge is 0.324 e. The van der Waals surface area contributed by atoms with Crippen LogP contribution >= 0.6 is 0 Å². The maximum atomic E-state index is 12.4. The van der Waals surface area contributed by atoms with Crippen molar-refractivity contribution in [2.45, 2.75) is 0 Å². The van der Waals surface area contributed by atoms with Crippen LogP contribution in [0.2, 0.25) is 0 Å². The number of H-pyrrole nitrogens is 1. The predicted octanol–water partition coefficient (Wildman–Crippen LogP) is 1.65. The molecule has 8 heteroatoms. The number of rotatable bonds is 3. The number of benzene rings is 1. The number of carbonyl (C=O) groups excluding carboxylic acids is 3. The molecule has 2 aliphatic rings. The third-order valence-corrected chi connectivity index (χ3v) is 4.02. The van der Waals surface area contributed by atoms with Crippen LogP contribution in [0.25, 0.3) is 10.9 Å². The lowest BCUT2D eigenvalue weighted by atomic mass is 9.95. The number of hydrogen-bond acceptors (Lipinski definition) is 4. The zero-order valence-corrected chi connectivity index (χ0v) is 13.0. The normalized spacial score (nSPS) is 19.1. The van der Waals surface area contributed by atoms with Crippen LogP contribution in [-0.4, -0.2) is 45.2 Å². The Morgan fingerprint density at radius 1 is 1.28 bits per heavy atom. The van der Waals surface area contributed by atoms with Crippen LogP contribution in [0.1, 0.15) is 0 Å². The summed E-state index contributed by atoms with van der Waals surface area (Å²) >= 11 is 0. The highest BCUT2D eigenvalue weighted by Gasteiger charge is 2.36. The van der Waals surface area contributed by atoms with E-state index in [1.165, 1.54) is 0 Å². The van der Waals surface area contributed by atoms with Gasteiger partial charge in [-0.1, -0.05) is 18.2 Å². The fourth-order valence-electron chi connectivity index (χ4n) is 2.78. The van der Waals surface area contributed by atoms with Crippen molar-refractivity contribution in [3.05, 3.63) is 48.7 Å². The third-order valence-electron chi connectivity index (χ3n) is 4.02. The van der Waals surface area contributed by atoms with E-state index in [0.717, 1.165) is 15.8 Å². The molecule has 8 nitrogen and oxygen atoms in total. The number of anilines is 1. The number of amides is 4. The number of nitrogens with one attached hydrogen (secondary N) is 2. The summed E-state index contributed by atoms with van der Waals surface area (Å²) in [4.78, 5) is 41.5. The van der Waals surface area contributed by atoms with Gasteiger partial charge in [0.1, 0.15) is 6.54 Å². The largest absolute Gasteiger partial charge is 0.351 e. The summed E-state index contributed by atoms with van der Waals surface area (Å²) in [6, 6.07) is 4.53. The topological polar surface area (TPSA) is 108 Å². The van der Waals surface area contributed by atoms with Gasteiger partial charge in [0.05, 0.1) is 23.3 Å². The molecule has 0 spiro atoms. The van der Waals surface area contributed by atoms with E-state index in [-0.39, 0.29) is 6.54 Å². The van der Waals surface area contributed by atoms with Crippen molar-refractivity contribution >= 4 is 40.1 Å². The number of aliphatic imine (C=N–C) groups is 1. The molecule has 2 heterocycles. The molecule has 1 aliphatic carbocycles. The monoisotopic (exact) mass is 335 g/mol. The second-order valence-electron chi connectivity index (χ2n) is 5.69. The van der Waals surface area contributed by atoms with E-state index in [4.69, 9.17) is 0 Å². The molecule has 0 bridgehead atoms. The summed E-state index contributed by atoms with van der Waals surface area (Å²) in [6.07, 6.45) is 8.38. The number of hydrogen-bond donors (Lipinski definition) is 2. The Balaban J connectivity index is 1.49. The molecule has 0 saturated heterocycles. The summed E-state index contributed by atoms with van der Waals surface area (Å²) in [6.45, 7) is -0.385. The maximum Gasteiger partial charge on any atom is 0.351 e.